The van der Waals surface area contributed by atoms with Gasteiger partial charge in [0.05, 0.1) is 24.2 Å². The fourth-order valence-corrected chi connectivity index (χ4v) is 3.14. The Balaban J connectivity index is 1.64. The van der Waals surface area contributed by atoms with Crippen molar-refractivity contribution in [2.24, 2.45) is 0 Å². The van der Waals surface area contributed by atoms with E-state index in [-0.39, 0.29) is 5.91 Å². The van der Waals surface area contributed by atoms with Crippen LogP contribution in [0, 0.1) is 0 Å². The van der Waals surface area contributed by atoms with Gasteiger partial charge in [-0.2, -0.15) is 5.10 Å². The van der Waals surface area contributed by atoms with Crippen LogP contribution >= 0.6 is 0 Å². The quantitative estimate of drug-likeness (QED) is 0.538. The van der Waals surface area contributed by atoms with Crippen LogP contribution in [0.4, 0.5) is 5.69 Å². The molecule has 1 amide bonds. The van der Waals surface area contributed by atoms with E-state index >= 15 is 0 Å². The summed E-state index contributed by atoms with van der Waals surface area (Å²) in [6.45, 7) is 1.85. The first-order chi connectivity index (χ1) is 13.7. The third-order valence-corrected chi connectivity index (χ3v) is 4.50. The molecule has 1 N–H and O–H groups in total. The van der Waals surface area contributed by atoms with Crippen molar-refractivity contribution < 1.29 is 9.53 Å². The number of fused-ring (bicyclic) bond motifs is 1. The molecule has 0 radical (unpaired) electrons. The SMILES string of the molecule is COCCn1c(Cn2cccn2)nc2cc(NC(=O)c3ccccc3)ccc21. The predicted octanol–water partition coefficient (Wildman–Crippen LogP) is 3.18. The Hall–Kier alpha value is -3.45. The maximum atomic E-state index is 12.4. The molecule has 2 heterocycles. The van der Waals surface area contributed by atoms with E-state index in [0.717, 1.165) is 16.9 Å². The molecule has 28 heavy (non-hydrogen) atoms. The van der Waals surface area contributed by atoms with Crippen LogP contribution in [0.2, 0.25) is 0 Å². The van der Waals surface area contributed by atoms with Gasteiger partial charge < -0.3 is 14.6 Å². The molecule has 0 aliphatic heterocycles. The maximum Gasteiger partial charge on any atom is 0.255 e. The number of hydrogen-bond acceptors (Lipinski definition) is 4. The summed E-state index contributed by atoms with van der Waals surface area (Å²) in [6, 6.07) is 16.8. The highest BCUT2D eigenvalue weighted by Crippen LogP contribution is 2.22. The molecular formula is C21H21N5O2. The summed E-state index contributed by atoms with van der Waals surface area (Å²) in [4.78, 5) is 17.2. The Kier molecular flexibility index (Phi) is 5.16. The monoisotopic (exact) mass is 375 g/mol. The van der Waals surface area contributed by atoms with Crippen LogP contribution in [0.25, 0.3) is 11.0 Å². The number of nitrogens with one attached hydrogen (secondary N) is 1. The lowest BCUT2D eigenvalue weighted by atomic mass is 10.2. The van der Waals surface area contributed by atoms with Crippen LogP contribution in [0.1, 0.15) is 16.2 Å². The van der Waals surface area contributed by atoms with Gasteiger partial charge in [0.15, 0.2) is 0 Å². The molecule has 4 rings (SSSR count). The molecule has 142 valence electrons. The van der Waals surface area contributed by atoms with Crippen LogP contribution in [-0.4, -0.2) is 39.0 Å². The van der Waals surface area contributed by atoms with Crippen LogP contribution in [0.15, 0.2) is 67.0 Å². The average molecular weight is 375 g/mol. The number of carbonyl (C=O) groups is 1. The highest BCUT2D eigenvalue weighted by molar-refractivity contribution is 6.04. The molecular weight excluding hydrogens is 354 g/mol. The summed E-state index contributed by atoms with van der Waals surface area (Å²) >= 11 is 0. The molecule has 2 aromatic heterocycles. The molecule has 0 saturated heterocycles. The number of methoxy groups -OCH3 is 1. The standard InChI is InChI=1S/C21H21N5O2/c1-28-13-12-26-19-9-8-17(23-21(27)16-6-3-2-4-7-16)14-18(19)24-20(26)15-25-11-5-10-22-25/h2-11,14H,12-13,15H2,1H3,(H,23,27). The number of aromatic nitrogens is 4. The Morgan fingerprint density at radius 2 is 2.00 bits per heavy atom. The molecule has 0 aliphatic carbocycles. The molecule has 2 aromatic carbocycles. The number of carbonyl (C=O) groups excluding carboxylic acids is 1. The fourth-order valence-electron chi connectivity index (χ4n) is 3.14. The van der Waals surface area contributed by atoms with Gasteiger partial charge in [0.1, 0.15) is 5.82 Å². The minimum absolute atomic E-state index is 0.143. The van der Waals surface area contributed by atoms with Gasteiger partial charge in [0.2, 0.25) is 0 Å². The van der Waals surface area contributed by atoms with Crippen molar-refractivity contribution in [3.8, 4) is 0 Å². The molecule has 0 spiro atoms. The Labute approximate surface area is 162 Å². The molecule has 4 aromatic rings. The summed E-state index contributed by atoms with van der Waals surface area (Å²) in [5.41, 5.74) is 3.15. The lowest BCUT2D eigenvalue weighted by Gasteiger charge is -2.09. The number of benzene rings is 2. The molecule has 0 bridgehead atoms. The van der Waals surface area contributed by atoms with Gasteiger partial charge in [-0.1, -0.05) is 18.2 Å². The number of rotatable bonds is 7. The van der Waals surface area contributed by atoms with Gasteiger partial charge in [-0.05, 0) is 36.4 Å². The summed E-state index contributed by atoms with van der Waals surface area (Å²) in [7, 11) is 1.68. The van der Waals surface area contributed by atoms with Crippen molar-refractivity contribution in [3.63, 3.8) is 0 Å². The maximum absolute atomic E-state index is 12.4. The second kappa shape index (κ2) is 8.06. The van der Waals surface area contributed by atoms with Crippen molar-refractivity contribution in [1.29, 1.82) is 0 Å². The summed E-state index contributed by atoms with van der Waals surface area (Å²) in [5, 5.41) is 7.21. The fraction of sp³-hybridized carbons (Fsp3) is 0.190. The highest BCUT2D eigenvalue weighted by atomic mass is 16.5. The number of imidazole rings is 1. The van der Waals surface area contributed by atoms with Crippen LogP contribution in [0.3, 0.4) is 0 Å². The van der Waals surface area contributed by atoms with Crippen LogP contribution in [0.5, 0.6) is 0 Å². The van der Waals surface area contributed by atoms with Gasteiger partial charge in [-0.3, -0.25) is 9.48 Å². The van der Waals surface area contributed by atoms with E-state index in [4.69, 9.17) is 9.72 Å². The molecule has 0 atom stereocenters. The second-order valence-corrected chi connectivity index (χ2v) is 6.40. The van der Waals surface area contributed by atoms with E-state index in [0.29, 0.717) is 30.9 Å². The van der Waals surface area contributed by atoms with E-state index < -0.39 is 0 Å². The van der Waals surface area contributed by atoms with Crippen molar-refractivity contribution in [3.05, 3.63) is 78.4 Å². The molecule has 7 nitrogen and oxygen atoms in total. The first kappa shape index (κ1) is 17.9. The zero-order valence-corrected chi connectivity index (χ0v) is 15.6. The van der Waals surface area contributed by atoms with Crippen molar-refractivity contribution in [1.82, 2.24) is 19.3 Å². The summed E-state index contributed by atoms with van der Waals surface area (Å²) < 4.78 is 9.22. The summed E-state index contributed by atoms with van der Waals surface area (Å²) in [5.74, 6) is 0.748. The third-order valence-electron chi connectivity index (χ3n) is 4.50. The largest absolute Gasteiger partial charge is 0.383 e. The topological polar surface area (TPSA) is 74.0 Å². The number of amides is 1. The smallest absolute Gasteiger partial charge is 0.255 e. The van der Waals surface area contributed by atoms with Crippen molar-refractivity contribution >= 4 is 22.6 Å². The third kappa shape index (κ3) is 3.79. The lowest BCUT2D eigenvalue weighted by Crippen LogP contribution is -2.12. The zero-order valence-electron chi connectivity index (χ0n) is 15.6. The minimum atomic E-state index is -0.143. The van der Waals surface area contributed by atoms with E-state index in [2.05, 4.69) is 15.0 Å². The van der Waals surface area contributed by atoms with E-state index in [9.17, 15) is 4.79 Å². The number of nitrogens with zero attached hydrogens (tertiary/aromatic N) is 4. The first-order valence-corrected chi connectivity index (χ1v) is 9.06. The normalized spacial score (nSPS) is 11.0. The lowest BCUT2D eigenvalue weighted by molar-refractivity contribution is 0.102. The molecule has 0 saturated carbocycles. The van der Waals surface area contributed by atoms with Crippen molar-refractivity contribution in [2.45, 2.75) is 13.1 Å². The Bertz CT molecular complexity index is 1070. The number of ether oxygens (including phenoxy) is 1. The molecule has 7 heteroatoms. The number of anilines is 1. The van der Waals surface area contributed by atoms with Gasteiger partial charge in [-0.15, -0.1) is 0 Å². The van der Waals surface area contributed by atoms with E-state index in [1.54, 1.807) is 25.4 Å². The first-order valence-electron chi connectivity index (χ1n) is 9.06. The van der Waals surface area contributed by atoms with Gasteiger partial charge in [0, 0.05) is 37.3 Å². The van der Waals surface area contributed by atoms with E-state index in [1.807, 2.05) is 53.3 Å². The predicted molar refractivity (Wildman–Crippen MR) is 107 cm³/mol. The highest BCUT2D eigenvalue weighted by Gasteiger charge is 2.13. The van der Waals surface area contributed by atoms with Crippen LogP contribution in [-0.2, 0) is 17.8 Å². The average Bonchev–Trinajstić information content (AvgIpc) is 3.34. The Morgan fingerprint density at radius 1 is 1.14 bits per heavy atom. The van der Waals surface area contributed by atoms with E-state index in [1.165, 1.54) is 0 Å². The minimum Gasteiger partial charge on any atom is -0.383 e. The van der Waals surface area contributed by atoms with Gasteiger partial charge in [-0.25, -0.2) is 4.98 Å². The van der Waals surface area contributed by atoms with Gasteiger partial charge in [0.25, 0.3) is 5.91 Å². The molecule has 0 fully saturated rings. The number of hydrogen-bond donors (Lipinski definition) is 1. The second-order valence-electron chi connectivity index (χ2n) is 6.40. The molecule has 0 unspecified atom stereocenters. The molecule has 0 aliphatic rings. The van der Waals surface area contributed by atoms with Crippen molar-refractivity contribution in [2.75, 3.05) is 19.0 Å². The summed E-state index contributed by atoms with van der Waals surface area (Å²) in [6.07, 6.45) is 3.66. The Morgan fingerprint density at radius 3 is 2.75 bits per heavy atom. The van der Waals surface area contributed by atoms with Gasteiger partial charge >= 0.3 is 0 Å². The zero-order chi connectivity index (χ0) is 19.3. The van der Waals surface area contributed by atoms with Crippen LogP contribution < -0.4 is 5.32 Å².